The summed E-state index contributed by atoms with van der Waals surface area (Å²) >= 11 is 3.31. The highest BCUT2D eigenvalue weighted by molar-refractivity contribution is 9.10. The minimum Gasteiger partial charge on any atom is -0.307 e. The molecular formula is C18H19BrN2O. The summed E-state index contributed by atoms with van der Waals surface area (Å²) in [5, 5.41) is 2.77. The van der Waals surface area contributed by atoms with E-state index in [9.17, 15) is 4.79 Å². The van der Waals surface area contributed by atoms with Gasteiger partial charge in [-0.2, -0.15) is 0 Å². The lowest BCUT2D eigenvalue weighted by Crippen LogP contribution is -2.12. The number of pyridine rings is 1. The van der Waals surface area contributed by atoms with Gasteiger partial charge in [-0.1, -0.05) is 45.1 Å². The largest absolute Gasteiger partial charge is 0.307 e. The molecule has 1 N–H and O–H groups in total. The normalized spacial score (nSPS) is 11.6. The summed E-state index contributed by atoms with van der Waals surface area (Å²) in [5.74, 6) is 0.367. The summed E-state index contributed by atoms with van der Waals surface area (Å²) in [6.07, 6.45) is 5.86. The van der Waals surface area contributed by atoms with Crippen LogP contribution in [0.15, 0.2) is 53.1 Å². The fraction of sp³-hybridized carbons (Fsp3) is 0.222. The summed E-state index contributed by atoms with van der Waals surface area (Å²) in [4.78, 5) is 16.3. The Hall–Kier alpha value is -1.94. The number of nitrogens with zero attached hydrogens (tertiary/aromatic N) is 1. The van der Waals surface area contributed by atoms with E-state index in [1.165, 1.54) is 0 Å². The Kier molecular flexibility index (Phi) is 5.14. The predicted molar refractivity (Wildman–Crippen MR) is 94.8 cm³/mol. The zero-order valence-electron chi connectivity index (χ0n) is 12.9. The molecule has 1 aromatic carbocycles. The molecule has 3 nitrogen and oxygen atoms in total. The molecule has 1 heterocycles. The monoisotopic (exact) mass is 358 g/mol. The maximum absolute atomic E-state index is 12.1. The fourth-order valence-electron chi connectivity index (χ4n) is 1.73. The minimum atomic E-state index is -0.166. The van der Waals surface area contributed by atoms with Crippen molar-refractivity contribution >= 4 is 33.7 Å². The van der Waals surface area contributed by atoms with E-state index in [0.717, 1.165) is 10.0 Å². The molecule has 0 aliphatic heterocycles. The summed E-state index contributed by atoms with van der Waals surface area (Å²) in [7, 11) is 0. The molecule has 0 fully saturated rings. The SMILES string of the molecule is CC(C)(C)C=Cc1ccc(C(=O)Nc2ccc(Br)cn2)cc1. The number of allylic oxidation sites excluding steroid dienone is 1. The van der Waals surface area contributed by atoms with Crippen molar-refractivity contribution in [2.24, 2.45) is 5.41 Å². The van der Waals surface area contributed by atoms with Gasteiger partial charge in [-0.15, -0.1) is 0 Å². The summed E-state index contributed by atoms with van der Waals surface area (Å²) < 4.78 is 0.875. The summed E-state index contributed by atoms with van der Waals surface area (Å²) in [6.45, 7) is 6.45. The van der Waals surface area contributed by atoms with Gasteiger partial charge in [-0.3, -0.25) is 4.79 Å². The molecule has 0 aliphatic rings. The maximum Gasteiger partial charge on any atom is 0.256 e. The van der Waals surface area contributed by atoms with Crippen molar-refractivity contribution in [1.29, 1.82) is 0 Å². The van der Waals surface area contributed by atoms with Crippen molar-refractivity contribution < 1.29 is 4.79 Å². The molecule has 0 saturated carbocycles. The predicted octanol–water partition coefficient (Wildman–Crippen LogP) is 5.16. The highest BCUT2D eigenvalue weighted by atomic mass is 79.9. The van der Waals surface area contributed by atoms with Gasteiger partial charge in [-0.25, -0.2) is 4.98 Å². The molecule has 1 aromatic heterocycles. The van der Waals surface area contributed by atoms with E-state index in [1.54, 1.807) is 12.3 Å². The maximum atomic E-state index is 12.1. The van der Waals surface area contributed by atoms with Gasteiger partial charge in [0.05, 0.1) is 0 Å². The lowest BCUT2D eigenvalue weighted by molar-refractivity contribution is 0.102. The number of aromatic nitrogens is 1. The Labute approximate surface area is 139 Å². The molecule has 0 atom stereocenters. The van der Waals surface area contributed by atoms with Crippen LogP contribution in [0.2, 0.25) is 0 Å². The van der Waals surface area contributed by atoms with E-state index in [1.807, 2.05) is 30.3 Å². The minimum absolute atomic E-state index is 0.142. The molecule has 0 aliphatic carbocycles. The molecular weight excluding hydrogens is 340 g/mol. The Morgan fingerprint density at radius 1 is 1.14 bits per heavy atom. The first-order valence-corrected chi connectivity index (χ1v) is 7.85. The summed E-state index contributed by atoms with van der Waals surface area (Å²) in [5.41, 5.74) is 1.83. The Bertz CT molecular complexity index is 668. The van der Waals surface area contributed by atoms with E-state index in [-0.39, 0.29) is 11.3 Å². The number of halogens is 1. The first-order valence-electron chi connectivity index (χ1n) is 7.06. The van der Waals surface area contributed by atoms with E-state index >= 15 is 0 Å². The van der Waals surface area contributed by atoms with Crippen molar-refractivity contribution in [2.45, 2.75) is 20.8 Å². The van der Waals surface area contributed by atoms with Crippen LogP contribution in [-0.2, 0) is 0 Å². The lowest BCUT2D eigenvalue weighted by atomic mass is 9.95. The first kappa shape index (κ1) is 16.4. The molecule has 114 valence electrons. The van der Waals surface area contributed by atoms with Crippen LogP contribution in [0.3, 0.4) is 0 Å². The van der Waals surface area contributed by atoms with Crippen molar-refractivity contribution in [3.05, 3.63) is 64.3 Å². The smallest absolute Gasteiger partial charge is 0.256 e. The van der Waals surface area contributed by atoms with Crippen LogP contribution < -0.4 is 5.32 Å². The Morgan fingerprint density at radius 3 is 2.36 bits per heavy atom. The van der Waals surface area contributed by atoms with Crippen LogP contribution in [0.5, 0.6) is 0 Å². The van der Waals surface area contributed by atoms with Crippen molar-refractivity contribution in [3.63, 3.8) is 0 Å². The topological polar surface area (TPSA) is 42.0 Å². The van der Waals surface area contributed by atoms with Gasteiger partial charge >= 0.3 is 0 Å². The molecule has 2 rings (SSSR count). The molecule has 1 amide bonds. The average Bonchev–Trinajstić information content (AvgIpc) is 2.47. The third kappa shape index (κ3) is 5.11. The molecule has 0 spiro atoms. The van der Waals surface area contributed by atoms with Gasteiger partial charge < -0.3 is 5.32 Å². The number of benzene rings is 1. The van der Waals surface area contributed by atoms with Gasteiger partial charge in [0.2, 0.25) is 0 Å². The number of anilines is 1. The number of carbonyl (C=O) groups excluding carboxylic acids is 1. The third-order valence-corrected chi connectivity index (χ3v) is 3.39. The second-order valence-electron chi connectivity index (χ2n) is 6.14. The Balaban J connectivity index is 2.05. The van der Waals surface area contributed by atoms with Crippen LogP contribution >= 0.6 is 15.9 Å². The van der Waals surface area contributed by atoms with E-state index in [0.29, 0.717) is 11.4 Å². The molecule has 0 unspecified atom stereocenters. The molecule has 4 heteroatoms. The standard InChI is InChI=1S/C18H19BrN2O/c1-18(2,3)11-10-13-4-6-14(7-5-13)17(22)21-16-9-8-15(19)12-20-16/h4-12H,1-3H3,(H,20,21,22). The molecule has 0 bridgehead atoms. The van der Waals surface area contributed by atoms with E-state index in [4.69, 9.17) is 0 Å². The third-order valence-electron chi connectivity index (χ3n) is 2.92. The van der Waals surface area contributed by atoms with Crippen molar-refractivity contribution in [2.75, 3.05) is 5.32 Å². The van der Waals surface area contributed by atoms with Crippen molar-refractivity contribution in [1.82, 2.24) is 4.98 Å². The van der Waals surface area contributed by atoms with Gasteiger partial charge in [0.25, 0.3) is 5.91 Å². The molecule has 2 aromatic rings. The van der Waals surface area contributed by atoms with Crippen molar-refractivity contribution in [3.8, 4) is 0 Å². The number of amides is 1. The lowest BCUT2D eigenvalue weighted by Gasteiger charge is -2.11. The first-order chi connectivity index (χ1) is 10.3. The van der Waals surface area contributed by atoms with Crippen LogP contribution in [0, 0.1) is 5.41 Å². The quantitative estimate of drug-likeness (QED) is 0.823. The second kappa shape index (κ2) is 6.88. The number of hydrogen-bond acceptors (Lipinski definition) is 2. The second-order valence-corrected chi connectivity index (χ2v) is 7.05. The van der Waals surface area contributed by atoms with E-state index < -0.39 is 0 Å². The van der Waals surface area contributed by atoms with Crippen LogP contribution in [0.1, 0.15) is 36.7 Å². The number of hydrogen-bond donors (Lipinski definition) is 1. The zero-order chi connectivity index (χ0) is 16.2. The Morgan fingerprint density at radius 2 is 1.82 bits per heavy atom. The number of carbonyl (C=O) groups is 1. The zero-order valence-corrected chi connectivity index (χ0v) is 14.5. The summed E-state index contributed by atoms with van der Waals surface area (Å²) in [6, 6.07) is 11.1. The van der Waals surface area contributed by atoms with Crippen LogP contribution in [0.25, 0.3) is 6.08 Å². The van der Waals surface area contributed by atoms with Crippen LogP contribution in [0.4, 0.5) is 5.82 Å². The fourth-order valence-corrected chi connectivity index (χ4v) is 1.96. The molecule has 0 saturated heterocycles. The number of nitrogens with one attached hydrogen (secondary N) is 1. The average molecular weight is 359 g/mol. The van der Waals surface area contributed by atoms with Gasteiger partial charge in [0.1, 0.15) is 5.82 Å². The van der Waals surface area contributed by atoms with Gasteiger partial charge in [-0.05, 0) is 51.2 Å². The molecule has 0 radical (unpaired) electrons. The van der Waals surface area contributed by atoms with Gasteiger partial charge in [0.15, 0.2) is 0 Å². The van der Waals surface area contributed by atoms with Crippen LogP contribution in [-0.4, -0.2) is 10.9 Å². The van der Waals surface area contributed by atoms with E-state index in [2.05, 4.69) is 59.2 Å². The highest BCUT2D eigenvalue weighted by Gasteiger charge is 2.07. The molecule has 22 heavy (non-hydrogen) atoms. The highest BCUT2D eigenvalue weighted by Crippen LogP contribution is 2.17. The number of rotatable bonds is 3. The van der Waals surface area contributed by atoms with Gasteiger partial charge in [0, 0.05) is 16.2 Å².